The van der Waals surface area contributed by atoms with Crippen molar-refractivity contribution in [1.82, 2.24) is 15.1 Å². The van der Waals surface area contributed by atoms with Crippen LogP contribution in [0, 0.1) is 0 Å². The van der Waals surface area contributed by atoms with Gasteiger partial charge in [-0.1, -0.05) is 13.3 Å². The van der Waals surface area contributed by atoms with E-state index in [9.17, 15) is 13.2 Å². The summed E-state index contributed by atoms with van der Waals surface area (Å²) in [5.74, 6) is -0.357. The summed E-state index contributed by atoms with van der Waals surface area (Å²) in [4.78, 5) is 14.2. The minimum absolute atomic E-state index is 0.0744. The fourth-order valence-electron chi connectivity index (χ4n) is 2.77. The average Bonchev–Trinajstić information content (AvgIpc) is 2.83. The lowest BCUT2D eigenvalue weighted by Crippen LogP contribution is -2.42. The number of hydrogen-bond donors (Lipinski definition) is 2. The molecule has 118 valence electrons. The highest BCUT2D eigenvalue weighted by Crippen LogP contribution is 2.23. The molecule has 7 nitrogen and oxygen atoms in total. The summed E-state index contributed by atoms with van der Waals surface area (Å²) in [6.07, 6.45) is 4.14. The molecule has 0 saturated carbocycles. The van der Waals surface area contributed by atoms with Crippen molar-refractivity contribution in [1.29, 1.82) is 0 Å². The maximum Gasteiger partial charge on any atom is 0.276 e. The zero-order valence-corrected chi connectivity index (χ0v) is 13.2. The molecule has 1 saturated heterocycles. The molecule has 0 spiro atoms. The van der Waals surface area contributed by atoms with Gasteiger partial charge >= 0.3 is 0 Å². The Morgan fingerprint density at radius 2 is 2.19 bits per heavy atom. The van der Waals surface area contributed by atoms with Crippen LogP contribution in [0.25, 0.3) is 0 Å². The van der Waals surface area contributed by atoms with Crippen LogP contribution in [0.3, 0.4) is 0 Å². The number of sulfonamides is 1. The first-order valence-electron chi connectivity index (χ1n) is 7.27. The molecule has 1 unspecified atom stereocenters. The number of aromatic nitrogens is 2. The zero-order valence-electron chi connectivity index (χ0n) is 12.4. The van der Waals surface area contributed by atoms with E-state index in [4.69, 9.17) is 5.14 Å². The third-order valence-electron chi connectivity index (χ3n) is 3.84. The predicted molar refractivity (Wildman–Crippen MR) is 78.3 cm³/mol. The lowest BCUT2D eigenvalue weighted by atomic mass is 10.0. The Hall–Kier alpha value is -1.41. The van der Waals surface area contributed by atoms with Gasteiger partial charge in [-0.25, -0.2) is 13.6 Å². The fourth-order valence-corrected chi connectivity index (χ4v) is 3.67. The van der Waals surface area contributed by atoms with E-state index in [0.717, 1.165) is 25.7 Å². The number of H-pyrrole nitrogens is 1. The number of nitrogens with two attached hydrogens (primary N) is 1. The molecule has 8 heteroatoms. The number of amides is 1. The topological polar surface area (TPSA) is 109 Å². The molecule has 1 aromatic heterocycles. The summed E-state index contributed by atoms with van der Waals surface area (Å²) >= 11 is 0. The van der Waals surface area contributed by atoms with E-state index in [1.807, 2.05) is 13.8 Å². The molecular formula is C13H22N4O3S. The van der Waals surface area contributed by atoms with Gasteiger partial charge in [0.15, 0.2) is 5.69 Å². The summed E-state index contributed by atoms with van der Waals surface area (Å²) in [5, 5.41) is 11.9. The van der Waals surface area contributed by atoms with Gasteiger partial charge in [0, 0.05) is 12.6 Å². The van der Waals surface area contributed by atoms with Gasteiger partial charge in [0.1, 0.15) is 4.90 Å². The SMILES string of the molecule is CCCc1[nH]nc(C(=O)N2CCCCC2C)c1S(N)(=O)=O. The summed E-state index contributed by atoms with van der Waals surface area (Å²) in [6.45, 7) is 4.51. The Labute approximate surface area is 124 Å². The molecular weight excluding hydrogens is 292 g/mol. The van der Waals surface area contributed by atoms with Crippen molar-refractivity contribution in [3.05, 3.63) is 11.4 Å². The molecule has 2 rings (SSSR count). The van der Waals surface area contributed by atoms with Crippen LogP contribution >= 0.6 is 0 Å². The normalized spacial score (nSPS) is 19.8. The fraction of sp³-hybridized carbons (Fsp3) is 0.692. The van der Waals surface area contributed by atoms with Crippen LogP contribution in [-0.2, 0) is 16.4 Å². The van der Waals surface area contributed by atoms with Gasteiger partial charge in [0.25, 0.3) is 5.91 Å². The summed E-state index contributed by atoms with van der Waals surface area (Å²) in [6, 6.07) is 0.0888. The minimum atomic E-state index is -3.99. The third-order valence-corrected chi connectivity index (χ3v) is 4.85. The van der Waals surface area contributed by atoms with Crippen molar-refractivity contribution in [2.75, 3.05) is 6.54 Å². The number of aryl methyl sites for hydroxylation is 1. The van der Waals surface area contributed by atoms with Crippen LogP contribution < -0.4 is 5.14 Å². The summed E-state index contributed by atoms with van der Waals surface area (Å²) in [7, 11) is -3.99. The number of carbonyl (C=O) groups excluding carboxylic acids is 1. The second-order valence-electron chi connectivity index (χ2n) is 5.52. The molecule has 1 aromatic rings. The van der Waals surface area contributed by atoms with E-state index in [-0.39, 0.29) is 22.5 Å². The first kappa shape index (κ1) is 16.0. The van der Waals surface area contributed by atoms with Crippen molar-refractivity contribution in [2.24, 2.45) is 5.14 Å². The molecule has 0 radical (unpaired) electrons. The molecule has 1 fully saturated rings. The molecule has 3 N–H and O–H groups in total. The van der Waals surface area contributed by atoms with E-state index < -0.39 is 10.0 Å². The first-order valence-corrected chi connectivity index (χ1v) is 8.82. The third kappa shape index (κ3) is 3.26. The summed E-state index contributed by atoms with van der Waals surface area (Å²) < 4.78 is 23.7. The highest BCUT2D eigenvalue weighted by atomic mass is 32.2. The molecule has 0 aromatic carbocycles. The van der Waals surface area contributed by atoms with E-state index in [1.165, 1.54) is 0 Å². The smallest absolute Gasteiger partial charge is 0.276 e. The number of piperidine rings is 1. The van der Waals surface area contributed by atoms with Crippen molar-refractivity contribution in [2.45, 2.75) is 56.9 Å². The van der Waals surface area contributed by atoms with Gasteiger partial charge < -0.3 is 4.90 Å². The highest BCUT2D eigenvalue weighted by Gasteiger charge is 2.32. The standard InChI is InChI=1S/C13H22N4O3S/c1-3-6-10-12(21(14,19)20)11(16-15-10)13(18)17-8-5-4-7-9(17)2/h9H,3-8H2,1-2H3,(H,15,16)(H2,14,19,20). The number of primary sulfonamides is 1. The van der Waals surface area contributed by atoms with E-state index >= 15 is 0 Å². The Morgan fingerprint density at radius 1 is 1.48 bits per heavy atom. The molecule has 1 aliphatic rings. The van der Waals surface area contributed by atoms with Gasteiger partial charge in [-0.15, -0.1) is 0 Å². The lowest BCUT2D eigenvalue weighted by Gasteiger charge is -2.33. The zero-order chi connectivity index (χ0) is 15.6. The molecule has 21 heavy (non-hydrogen) atoms. The highest BCUT2D eigenvalue weighted by molar-refractivity contribution is 7.89. The van der Waals surface area contributed by atoms with Crippen LogP contribution in [0.4, 0.5) is 0 Å². The largest absolute Gasteiger partial charge is 0.335 e. The Balaban J connectivity index is 2.41. The molecule has 2 heterocycles. The molecule has 0 bridgehead atoms. The van der Waals surface area contributed by atoms with Crippen molar-refractivity contribution < 1.29 is 13.2 Å². The summed E-state index contributed by atoms with van der Waals surface area (Å²) in [5.41, 5.74) is 0.336. The van der Waals surface area contributed by atoms with Crippen LogP contribution in [0.1, 0.15) is 55.7 Å². The molecule has 1 aliphatic heterocycles. The second-order valence-corrected chi connectivity index (χ2v) is 7.02. The number of aromatic amines is 1. The van der Waals surface area contributed by atoms with Crippen LogP contribution in [0.15, 0.2) is 4.90 Å². The van der Waals surface area contributed by atoms with Crippen LogP contribution in [0.5, 0.6) is 0 Å². The monoisotopic (exact) mass is 314 g/mol. The van der Waals surface area contributed by atoms with Gasteiger partial charge in [0.05, 0.1) is 5.69 Å². The van der Waals surface area contributed by atoms with E-state index in [2.05, 4.69) is 10.2 Å². The Bertz CT molecular complexity index is 623. The number of hydrogen-bond acceptors (Lipinski definition) is 4. The molecule has 0 aliphatic carbocycles. The maximum absolute atomic E-state index is 12.6. The quantitative estimate of drug-likeness (QED) is 0.864. The van der Waals surface area contributed by atoms with Crippen molar-refractivity contribution >= 4 is 15.9 Å². The van der Waals surface area contributed by atoms with Crippen molar-refractivity contribution in [3.63, 3.8) is 0 Å². The Morgan fingerprint density at radius 3 is 2.76 bits per heavy atom. The average molecular weight is 314 g/mol. The Kier molecular flexibility index (Phi) is 4.67. The second kappa shape index (κ2) is 6.15. The maximum atomic E-state index is 12.6. The van der Waals surface area contributed by atoms with Crippen LogP contribution in [-0.4, -0.2) is 42.0 Å². The van der Waals surface area contributed by atoms with Crippen molar-refractivity contribution in [3.8, 4) is 0 Å². The van der Waals surface area contributed by atoms with Gasteiger partial charge in [0.2, 0.25) is 10.0 Å². The van der Waals surface area contributed by atoms with E-state index in [0.29, 0.717) is 18.7 Å². The van der Waals surface area contributed by atoms with Crippen LogP contribution in [0.2, 0.25) is 0 Å². The minimum Gasteiger partial charge on any atom is -0.335 e. The van der Waals surface area contributed by atoms with Gasteiger partial charge in [-0.05, 0) is 32.6 Å². The number of nitrogens with zero attached hydrogens (tertiary/aromatic N) is 2. The lowest BCUT2D eigenvalue weighted by molar-refractivity contribution is 0.0625. The molecule has 1 amide bonds. The number of nitrogens with one attached hydrogen (secondary N) is 1. The first-order chi connectivity index (χ1) is 9.86. The predicted octanol–water partition coefficient (Wildman–Crippen LogP) is 1.02. The van der Waals surface area contributed by atoms with Gasteiger partial charge in [-0.2, -0.15) is 5.10 Å². The van der Waals surface area contributed by atoms with E-state index in [1.54, 1.807) is 4.90 Å². The number of likely N-dealkylation sites (tertiary alicyclic amines) is 1. The van der Waals surface area contributed by atoms with Gasteiger partial charge in [-0.3, -0.25) is 9.89 Å². The number of rotatable bonds is 4. The molecule has 1 atom stereocenters. The number of carbonyl (C=O) groups is 1.